The van der Waals surface area contributed by atoms with Crippen molar-refractivity contribution in [3.63, 3.8) is 0 Å². The van der Waals surface area contributed by atoms with Gasteiger partial charge in [0, 0.05) is 12.1 Å². The maximum atomic E-state index is 12.3. The number of benzene rings is 2. The lowest BCUT2D eigenvalue weighted by atomic mass is 9.95. The lowest BCUT2D eigenvalue weighted by molar-refractivity contribution is -0.140. The van der Waals surface area contributed by atoms with E-state index in [0.29, 0.717) is 5.56 Å². The molecule has 0 aromatic heterocycles. The van der Waals surface area contributed by atoms with Crippen molar-refractivity contribution in [1.29, 1.82) is 0 Å². The third kappa shape index (κ3) is 4.19. The number of carboxylic acid groups (broad SMARTS) is 1. The molecule has 0 radical (unpaired) electrons. The van der Waals surface area contributed by atoms with Gasteiger partial charge >= 0.3 is 5.97 Å². The molecule has 2 aromatic rings. The molecular formula is C19H21NO3. The van der Waals surface area contributed by atoms with E-state index in [-0.39, 0.29) is 12.3 Å². The minimum absolute atomic E-state index is 0.0865. The van der Waals surface area contributed by atoms with Gasteiger partial charge < -0.3 is 10.4 Å². The van der Waals surface area contributed by atoms with Crippen molar-refractivity contribution in [2.45, 2.75) is 32.6 Å². The Balaban J connectivity index is 2.16. The second kappa shape index (κ2) is 7.58. The molecule has 2 N–H and O–H groups in total. The van der Waals surface area contributed by atoms with E-state index >= 15 is 0 Å². The molecule has 1 amide bonds. The van der Waals surface area contributed by atoms with Crippen LogP contribution in [-0.2, 0) is 16.0 Å². The van der Waals surface area contributed by atoms with E-state index in [4.69, 9.17) is 0 Å². The van der Waals surface area contributed by atoms with Crippen molar-refractivity contribution < 1.29 is 14.7 Å². The summed E-state index contributed by atoms with van der Waals surface area (Å²) < 4.78 is 0. The Morgan fingerprint density at radius 2 is 1.78 bits per heavy atom. The third-order valence-electron chi connectivity index (χ3n) is 3.89. The monoisotopic (exact) mass is 311 g/mol. The molecule has 0 heterocycles. The van der Waals surface area contributed by atoms with E-state index in [1.807, 2.05) is 38.1 Å². The van der Waals surface area contributed by atoms with Gasteiger partial charge in [0.2, 0.25) is 5.91 Å². The molecule has 0 saturated heterocycles. The highest BCUT2D eigenvalue weighted by Gasteiger charge is 2.23. The predicted molar refractivity (Wildman–Crippen MR) is 90.6 cm³/mol. The van der Waals surface area contributed by atoms with Crippen LogP contribution in [0, 0.1) is 6.92 Å². The summed E-state index contributed by atoms with van der Waals surface area (Å²) in [6.45, 7) is 3.95. The molecule has 0 aliphatic heterocycles. The van der Waals surface area contributed by atoms with Crippen LogP contribution in [-0.4, -0.2) is 17.0 Å². The number of carbonyl (C=O) groups is 2. The minimum Gasteiger partial charge on any atom is -0.481 e. The number of para-hydroxylation sites is 1. The van der Waals surface area contributed by atoms with Gasteiger partial charge in [-0.2, -0.15) is 0 Å². The number of aliphatic carboxylic acids is 1. The lowest BCUT2D eigenvalue weighted by Crippen LogP contribution is -2.21. The Morgan fingerprint density at radius 1 is 1.09 bits per heavy atom. The normalized spacial score (nSPS) is 11.7. The summed E-state index contributed by atoms with van der Waals surface area (Å²) in [5.41, 5.74) is 3.45. The Morgan fingerprint density at radius 3 is 2.39 bits per heavy atom. The first-order valence-corrected chi connectivity index (χ1v) is 7.69. The Bertz CT molecular complexity index is 695. The highest BCUT2D eigenvalue weighted by Crippen LogP contribution is 2.24. The first-order valence-electron chi connectivity index (χ1n) is 7.69. The largest absolute Gasteiger partial charge is 0.481 e. The van der Waals surface area contributed by atoms with E-state index in [9.17, 15) is 14.7 Å². The maximum absolute atomic E-state index is 12.3. The van der Waals surface area contributed by atoms with Crippen molar-refractivity contribution in [2.24, 2.45) is 0 Å². The van der Waals surface area contributed by atoms with E-state index in [2.05, 4.69) is 5.32 Å². The molecule has 0 spiro atoms. The van der Waals surface area contributed by atoms with Crippen LogP contribution >= 0.6 is 0 Å². The summed E-state index contributed by atoms with van der Waals surface area (Å²) in [5.74, 6) is -2.12. The average molecular weight is 311 g/mol. The van der Waals surface area contributed by atoms with Crippen LogP contribution in [0.15, 0.2) is 48.5 Å². The topological polar surface area (TPSA) is 66.4 Å². The van der Waals surface area contributed by atoms with Crippen LogP contribution in [0.2, 0.25) is 0 Å². The van der Waals surface area contributed by atoms with Gasteiger partial charge in [0.05, 0.1) is 5.92 Å². The molecule has 0 saturated carbocycles. The van der Waals surface area contributed by atoms with Crippen molar-refractivity contribution in [1.82, 2.24) is 0 Å². The summed E-state index contributed by atoms with van der Waals surface area (Å²) in [7, 11) is 0. The highest BCUT2D eigenvalue weighted by atomic mass is 16.4. The fourth-order valence-electron chi connectivity index (χ4n) is 2.61. The summed E-state index contributed by atoms with van der Waals surface area (Å²) in [4.78, 5) is 23.8. The van der Waals surface area contributed by atoms with Gasteiger partial charge in [0.1, 0.15) is 0 Å². The number of hydrogen-bond donors (Lipinski definition) is 2. The first kappa shape index (κ1) is 16.7. The number of aryl methyl sites for hydroxylation is 2. The van der Waals surface area contributed by atoms with Crippen LogP contribution in [0.4, 0.5) is 5.69 Å². The molecule has 1 unspecified atom stereocenters. The van der Waals surface area contributed by atoms with E-state index < -0.39 is 11.9 Å². The minimum atomic E-state index is -0.994. The zero-order valence-electron chi connectivity index (χ0n) is 13.4. The SMILES string of the molecule is CCc1cccc(C)c1NC(=O)CC(C(=O)O)c1ccccc1. The Labute approximate surface area is 136 Å². The van der Waals surface area contributed by atoms with Crippen LogP contribution < -0.4 is 5.32 Å². The quantitative estimate of drug-likeness (QED) is 0.853. The summed E-state index contributed by atoms with van der Waals surface area (Å²) in [5, 5.41) is 12.3. The van der Waals surface area contributed by atoms with E-state index in [0.717, 1.165) is 23.2 Å². The van der Waals surface area contributed by atoms with Crippen molar-refractivity contribution in [2.75, 3.05) is 5.32 Å². The van der Waals surface area contributed by atoms with Crippen LogP contribution in [0.25, 0.3) is 0 Å². The molecule has 2 rings (SSSR count). The number of amides is 1. The molecule has 0 aliphatic carbocycles. The Kier molecular flexibility index (Phi) is 5.52. The summed E-state index contributed by atoms with van der Waals surface area (Å²) >= 11 is 0. The molecule has 0 aliphatic rings. The van der Waals surface area contributed by atoms with Crippen LogP contribution in [0.5, 0.6) is 0 Å². The van der Waals surface area contributed by atoms with Gasteiger partial charge in [-0.25, -0.2) is 0 Å². The lowest BCUT2D eigenvalue weighted by Gasteiger charge is -2.16. The van der Waals surface area contributed by atoms with E-state index in [1.165, 1.54) is 0 Å². The molecule has 4 nitrogen and oxygen atoms in total. The Hall–Kier alpha value is -2.62. The number of rotatable bonds is 6. The molecule has 4 heteroatoms. The maximum Gasteiger partial charge on any atom is 0.311 e. The standard InChI is InChI=1S/C19H21NO3/c1-3-14-11-7-8-13(2)18(14)20-17(21)12-16(19(22)23)15-9-5-4-6-10-15/h4-11,16H,3,12H2,1-2H3,(H,20,21)(H,22,23). The van der Waals surface area contributed by atoms with E-state index in [1.54, 1.807) is 24.3 Å². The number of carboxylic acids is 1. The van der Waals surface area contributed by atoms with Gasteiger partial charge in [-0.1, -0.05) is 55.5 Å². The van der Waals surface area contributed by atoms with Gasteiger partial charge in [-0.3, -0.25) is 9.59 Å². The summed E-state index contributed by atoms with van der Waals surface area (Å²) in [6.07, 6.45) is 0.717. The molecule has 120 valence electrons. The number of anilines is 1. The molecule has 1 atom stereocenters. The first-order chi connectivity index (χ1) is 11.0. The van der Waals surface area contributed by atoms with Gasteiger partial charge in [0.15, 0.2) is 0 Å². The van der Waals surface area contributed by atoms with Crippen LogP contribution in [0.1, 0.15) is 36.0 Å². The molecule has 0 bridgehead atoms. The molecule has 0 fully saturated rings. The van der Waals surface area contributed by atoms with Gasteiger partial charge in [0.25, 0.3) is 0 Å². The average Bonchev–Trinajstić information content (AvgIpc) is 2.55. The summed E-state index contributed by atoms with van der Waals surface area (Å²) in [6, 6.07) is 14.7. The zero-order chi connectivity index (χ0) is 16.8. The second-order valence-corrected chi connectivity index (χ2v) is 5.52. The smallest absolute Gasteiger partial charge is 0.311 e. The van der Waals surface area contributed by atoms with Gasteiger partial charge in [-0.15, -0.1) is 0 Å². The molecule has 2 aromatic carbocycles. The van der Waals surface area contributed by atoms with Crippen molar-refractivity contribution in [3.05, 3.63) is 65.2 Å². The van der Waals surface area contributed by atoms with Crippen molar-refractivity contribution >= 4 is 17.6 Å². The number of nitrogens with one attached hydrogen (secondary N) is 1. The zero-order valence-corrected chi connectivity index (χ0v) is 13.4. The highest BCUT2D eigenvalue weighted by molar-refractivity contribution is 5.95. The van der Waals surface area contributed by atoms with Gasteiger partial charge in [-0.05, 0) is 30.0 Å². The van der Waals surface area contributed by atoms with Crippen LogP contribution in [0.3, 0.4) is 0 Å². The fourth-order valence-corrected chi connectivity index (χ4v) is 2.61. The molecular weight excluding hydrogens is 290 g/mol. The fraction of sp³-hybridized carbons (Fsp3) is 0.263. The number of carbonyl (C=O) groups excluding carboxylic acids is 1. The van der Waals surface area contributed by atoms with Crippen molar-refractivity contribution in [3.8, 4) is 0 Å². The predicted octanol–water partition coefficient (Wildman–Crippen LogP) is 3.75. The second-order valence-electron chi connectivity index (χ2n) is 5.52. The molecule has 23 heavy (non-hydrogen) atoms. The number of hydrogen-bond acceptors (Lipinski definition) is 2. The third-order valence-corrected chi connectivity index (χ3v) is 3.89.